The molecule has 2 aromatic carbocycles. The molecular formula is C22H23ClFN3OS2. The lowest BCUT2D eigenvalue weighted by Gasteiger charge is -2.34. The Morgan fingerprint density at radius 1 is 1.17 bits per heavy atom. The van der Waals surface area contributed by atoms with Gasteiger partial charge in [-0.25, -0.2) is 9.37 Å². The number of hydrogen-bond acceptors (Lipinski definition) is 5. The van der Waals surface area contributed by atoms with Gasteiger partial charge in [0.1, 0.15) is 11.6 Å². The molecule has 8 heteroatoms. The molecule has 0 amide bonds. The fraction of sp³-hybridized carbons (Fsp3) is 0.364. The molecule has 1 aliphatic heterocycles. The van der Waals surface area contributed by atoms with Crippen LogP contribution in [0.4, 0.5) is 9.52 Å². The van der Waals surface area contributed by atoms with Crippen LogP contribution in [0.15, 0.2) is 53.4 Å². The summed E-state index contributed by atoms with van der Waals surface area (Å²) in [5.41, 5.74) is 1.14. The van der Waals surface area contributed by atoms with E-state index in [2.05, 4.69) is 9.27 Å². The van der Waals surface area contributed by atoms with Gasteiger partial charge in [-0.2, -0.15) is 4.37 Å². The van der Waals surface area contributed by atoms with E-state index < -0.39 is 10.8 Å². The van der Waals surface area contributed by atoms with E-state index in [-0.39, 0.29) is 11.1 Å². The van der Waals surface area contributed by atoms with Crippen LogP contribution in [0.1, 0.15) is 31.2 Å². The van der Waals surface area contributed by atoms with Gasteiger partial charge in [-0.1, -0.05) is 30.7 Å². The summed E-state index contributed by atoms with van der Waals surface area (Å²) in [5.74, 6) is 0.892. The summed E-state index contributed by atoms with van der Waals surface area (Å²) in [7, 11) is -1.13. The van der Waals surface area contributed by atoms with Crippen molar-refractivity contribution in [3.05, 3.63) is 70.8 Å². The highest BCUT2D eigenvalue weighted by atomic mass is 35.5. The number of nitrogens with zero attached hydrogens (tertiary/aromatic N) is 3. The van der Waals surface area contributed by atoms with E-state index in [0.717, 1.165) is 47.5 Å². The molecule has 0 spiro atoms. The summed E-state index contributed by atoms with van der Waals surface area (Å²) in [6, 6.07) is 13.8. The van der Waals surface area contributed by atoms with Gasteiger partial charge >= 0.3 is 0 Å². The maximum Gasteiger partial charge on any atom is 0.205 e. The molecule has 0 saturated carbocycles. The fourth-order valence-corrected chi connectivity index (χ4v) is 6.07. The first-order chi connectivity index (χ1) is 14.5. The van der Waals surface area contributed by atoms with E-state index >= 15 is 0 Å². The number of benzene rings is 2. The molecule has 1 fully saturated rings. The number of aromatic nitrogens is 2. The fourth-order valence-electron chi connectivity index (χ4n) is 3.75. The second-order valence-corrected chi connectivity index (χ2v) is 10.6. The van der Waals surface area contributed by atoms with Crippen LogP contribution in [-0.2, 0) is 17.2 Å². The Morgan fingerprint density at radius 2 is 1.83 bits per heavy atom. The quantitative estimate of drug-likeness (QED) is 0.495. The maximum atomic E-state index is 13.1. The summed E-state index contributed by atoms with van der Waals surface area (Å²) in [6.07, 6.45) is 2.61. The molecule has 0 radical (unpaired) electrons. The van der Waals surface area contributed by atoms with E-state index in [9.17, 15) is 8.60 Å². The maximum absolute atomic E-state index is 13.1. The monoisotopic (exact) mass is 463 g/mol. The lowest BCUT2D eigenvalue weighted by Crippen LogP contribution is -2.38. The Balaban J connectivity index is 1.33. The summed E-state index contributed by atoms with van der Waals surface area (Å²) >= 11 is 7.38. The molecule has 2 heterocycles. The second-order valence-electron chi connectivity index (χ2n) is 7.58. The van der Waals surface area contributed by atoms with Crippen molar-refractivity contribution in [2.24, 2.45) is 5.92 Å². The molecule has 1 aliphatic rings. The smallest absolute Gasteiger partial charge is 0.205 e. The normalized spacial score (nSPS) is 17.1. The van der Waals surface area contributed by atoms with Gasteiger partial charge in [0.25, 0.3) is 0 Å². The number of anilines is 1. The van der Waals surface area contributed by atoms with Crippen molar-refractivity contribution in [1.82, 2.24) is 9.36 Å². The van der Waals surface area contributed by atoms with Crippen LogP contribution >= 0.6 is 23.1 Å². The van der Waals surface area contributed by atoms with Gasteiger partial charge in [-0.3, -0.25) is 4.21 Å². The zero-order chi connectivity index (χ0) is 21.1. The predicted octanol–water partition coefficient (Wildman–Crippen LogP) is 5.33. The minimum absolute atomic E-state index is 0.0347. The predicted molar refractivity (Wildman–Crippen MR) is 121 cm³/mol. The van der Waals surface area contributed by atoms with Gasteiger partial charge in [0, 0.05) is 46.2 Å². The van der Waals surface area contributed by atoms with E-state index in [0.29, 0.717) is 17.2 Å². The SMILES string of the molecule is C[C@@H](C1CCN(c2nc(Cc3ccc(Cl)cc3)ns2)CC1)S(=O)c1ccc(F)cc1. The van der Waals surface area contributed by atoms with Crippen LogP contribution in [0.5, 0.6) is 0 Å². The van der Waals surface area contributed by atoms with Gasteiger partial charge in [-0.05, 0) is 60.7 Å². The van der Waals surface area contributed by atoms with Crippen molar-refractivity contribution in [2.45, 2.75) is 36.3 Å². The largest absolute Gasteiger partial charge is 0.347 e. The molecule has 158 valence electrons. The number of halogens is 2. The summed E-state index contributed by atoms with van der Waals surface area (Å²) in [5, 5.41) is 1.71. The van der Waals surface area contributed by atoms with Crippen LogP contribution in [0.3, 0.4) is 0 Å². The zero-order valence-electron chi connectivity index (χ0n) is 16.6. The number of piperidine rings is 1. The molecule has 4 nitrogen and oxygen atoms in total. The highest BCUT2D eigenvalue weighted by Gasteiger charge is 2.29. The Hall–Kier alpha value is -1.83. The first kappa shape index (κ1) is 21.4. The molecule has 1 aromatic heterocycles. The minimum Gasteiger partial charge on any atom is -0.347 e. The van der Waals surface area contributed by atoms with Crippen molar-refractivity contribution >= 4 is 39.1 Å². The third-order valence-electron chi connectivity index (χ3n) is 5.59. The lowest BCUT2D eigenvalue weighted by molar-refractivity contribution is 0.398. The van der Waals surface area contributed by atoms with Crippen molar-refractivity contribution in [3.63, 3.8) is 0 Å². The molecule has 0 bridgehead atoms. The Bertz CT molecular complexity index is 1000. The highest BCUT2D eigenvalue weighted by Crippen LogP contribution is 2.30. The Kier molecular flexibility index (Phi) is 6.80. The summed E-state index contributed by atoms with van der Waals surface area (Å²) < 4.78 is 30.5. The average Bonchev–Trinajstić information content (AvgIpc) is 3.23. The third kappa shape index (κ3) is 5.07. The molecule has 0 N–H and O–H groups in total. The number of rotatable bonds is 6. The van der Waals surface area contributed by atoms with E-state index in [1.165, 1.54) is 23.7 Å². The highest BCUT2D eigenvalue weighted by molar-refractivity contribution is 7.85. The first-order valence-electron chi connectivity index (χ1n) is 9.98. The van der Waals surface area contributed by atoms with E-state index in [4.69, 9.17) is 16.6 Å². The molecular weight excluding hydrogens is 441 g/mol. The second kappa shape index (κ2) is 9.54. The van der Waals surface area contributed by atoms with Gasteiger partial charge in [0.05, 0.1) is 10.8 Å². The molecule has 1 saturated heterocycles. The first-order valence-corrected chi connectivity index (χ1v) is 12.3. The van der Waals surface area contributed by atoms with Crippen molar-refractivity contribution in [2.75, 3.05) is 18.0 Å². The van der Waals surface area contributed by atoms with Crippen LogP contribution < -0.4 is 4.90 Å². The van der Waals surface area contributed by atoms with Crippen LogP contribution in [-0.4, -0.2) is 31.9 Å². The standard InChI is InChI=1S/C22H23ClFN3OS2/c1-15(30(28)20-8-6-19(24)7-9-20)17-10-12-27(13-11-17)22-25-21(26-29-22)14-16-2-4-18(23)5-3-16/h2-9,15,17H,10-14H2,1H3/t15-,30?/m0/s1. The van der Waals surface area contributed by atoms with Crippen molar-refractivity contribution in [1.29, 1.82) is 0 Å². The lowest BCUT2D eigenvalue weighted by atomic mass is 9.94. The van der Waals surface area contributed by atoms with Gasteiger partial charge < -0.3 is 4.90 Å². The zero-order valence-corrected chi connectivity index (χ0v) is 19.0. The molecule has 0 aliphatic carbocycles. The third-order valence-corrected chi connectivity index (χ3v) is 8.45. The minimum atomic E-state index is -1.13. The van der Waals surface area contributed by atoms with Gasteiger partial charge in [-0.15, -0.1) is 0 Å². The molecule has 2 atom stereocenters. The van der Waals surface area contributed by atoms with Crippen LogP contribution in [0.2, 0.25) is 5.02 Å². The van der Waals surface area contributed by atoms with Crippen molar-refractivity contribution in [3.8, 4) is 0 Å². The molecule has 30 heavy (non-hydrogen) atoms. The van der Waals surface area contributed by atoms with Crippen LogP contribution in [0.25, 0.3) is 0 Å². The molecule has 1 unspecified atom stereocenters. The summed E-state index contributed by atoms with van der Waals surface area (Å²) in [6.45, 7) is 3.80. The topological polar surface area (TPSA) is 46.1 Å². The van der Waals surface area contributed by atoms with Crippen LogP contribution in [0, 0.1) is 11.7 Å². The molecule has 4 rings (SSSR count). The average molecular weight is 464 g/mol. The molecule has 3 aromatic rings. The van der Waals surface area contributed by atoms with Gasteiger partial charge in [0.2, 0.25) is 5.13 Å². The summed E-state index contributed by atoms with van der Waals surface area (Å²) in [4.78, 5) is 7.68. The van der Waals surface area contributed by atoms with Crippen molar-refractivity contribution < 1.29 is 8.60 Å². The van der Waals surface area contributed by atoms with E-state index in [1.807, 2.05) is 31.2 Å². The Labute approximate surface area is 187 Å². The van der Waals surface area contributed by atoms with E-state index in [1.54, 1.807) is 12.1 Å². The van der Waals surface area contributed by atoms with Gasteiger partial charge in [0.15, 0.2) is 0 Å². The Morgan fingerprint density at radius 3 is 2.50 bits per heavy atom. The number of hydrogen-bond donors (Lipinski definition) is 0.